The molecule has 1 aromatic carbocycles. The molecule has 0 radical (unpaired) electrons. The van der Waals surface area contributed by atoms with E-state index in [-0.39, 0.29) is 19.1 Å². The molecular formula is C22H31NO5. The van der Waals surface area contributed by atoms with E-state index in [2.05, 4.69) is 24.3 Å². The smallest absolute Gasteiger partial charge is 0.417 e. The number of imide groups is 1. The third-order valence-corrected chi connectivity index (χ3v) is 5.47. The average molecular weight is 389 g/mol. The van der Waals surface area contributed by atoms with Crippen LogP contribution in [0.25, 0.3) is 0 Å². The van der Waals surface area contributed by atoms with Crippen molar-refractivity contribution in [1.29, 1.82) is 0 Å². The van der Waals surface area contributed by atoms with Crippen LogP contribution < -0.4 is 0 Å². The topological polar surface area (TPSA) is 76.1 Å². The van der Waals surface area contributed by atoms with Gasteiger partial charge in [-0.1, -0.05) is 30.3 Å². The van der Waals surface area contributed by atoms with Gasteiger partial charge in [0, 0.05) is 0 Å². The maximum Gasteiger partial charge on any atom is 0.417 e. The Bertz CT molecular complexity index is 676. The summed E-state index contributed by atoms with van der Waals surface area (Å²) >= 11 is 0. The van der Waals surface area contributed by atoms with E-state index < -0.39 is 29.7 Å². The third kappa shape index (κ3) is 5.11. The fourth-order valence-corrected chi connectivity index (χ4v) is 4.03. The molecule has 154 valence electrons. The number of rotatable bonds is 4. The minimum atomic E-state index is -0.916. The van der Waals surface area contributed by atoms with E-state index in [9.17, 15) is 14.7 Å². The summed E-state index contributed by atoms with van der Waals surface area (Å²) in [6, 6.07) is 9.83. The highest BCUT2D eigenvalue weighted by atomic mass is 16.6. The fraction of sp³-hybridized carbons (Fsp3) is 0.636. The van der Waals surface area contributed by atoms with Crippen LogP contribution in [0.3, 0.4) is 0 Å². The molecule has 6 nitrogen and oxygen atoms in total. The number of hydrogen-bond acceptors (Lipinski definition) is 5. The number of carbonyl (C=O) groups excluding carboxylic acids is 2. The van der Waals surface area contributed by atoms with Crippen LogP contribution in [0.2, 0.25) is 0 Å². The normalized spacial score (nSPS) is 28.4. The second kappa shape index (κ2) is 8.62. The first-order valence-corrected chi connectivity index (χ1v) is 10.1. The number of nitrogens with zero attached hydrogens (tertiary/aromatic N) is 1. The number of amides is 2. The molecule has 1 N–H and O–H groups in total. The standard InChI is InChI=1S/C22H31NO5/c1-22(2,3)28-21(26)23-18(19(24)13-20(23)25)14-27-17-11-9-16(10-12-17)15-7-5-4-6-8-15/h4-8,16-19,24H,9-14H2,1-3H3/t16-,17+,18-,19-/m1/s1. The molecule has 0 aromatic heterocycles. The zero-order chi connectivity index (χ0) is 20.3. The van der Waals surface area contributed by atoms with Crippen LogP contribution in [0.4, 0.5) is 4.79 Å². The fourth-order valence-electron chi connectivity index (χ4n) is 4.03. The van der Waals surface area contributed by atoms with Gasteiger partial charge in [-0.3, -0.25) is 4.79 Å². The van der Waals surface area contributed by atoms with Crippen molar-refractivity contribution in [1.82, 2.24) is 4.90 Å². The summed E-state index contributed by atoms with van der Waals surface area (Å²) in [6.45, 7) is 5.39. The lowest BCUT2D eigenvalue weighted by molar-refractivity contribution is -0.129. The first-order chi connectivity index (χ1) is 13.2. The quantitative estimate of drug-likeness (QED) is 0.851. The van der Waals surface area contributed by atoms with E-state index in [1.54, 1.807) is 20.8 Å². The number of ether oxygens (including phenoxy) is 2. The molecule has 0 bridgehead atoms. The van der Waals surface area contributed by atoms with Gasteiger partial charge in [0.2, 0.25) is 5.91 Å². The molecule has 1 aliphatic carbocycles. The Morgan fingerprint density at radius 3 is 2.39 bits per heavy atom. The summed E-state index contributed by atoms with van der Waals surface area (Å²) in [5.74, 6) is 0.140. The van der Waals surface area contributed by atoms with E-state index >= 15 is 0 Å². The first kappa shape index (κ1) is 20.8. The highest BCUT2D eigenvalue weighted by Gasteiger charge is 2.44. The molecule has 1 heterocycles. The highest BCUT2D eigenvalue weighted by Crippen LogP contribution is 2.34. The van der Waals surface area contributed by atoms with Crippen molar-refractivity contribution in [2.45, 2.75) is 82.6 Å². The van der Waals surface area contributed by atoms with Crippen molar-refractivity contribution < 1.29 is 24.2 Å². The Morgan fingerprint density at radius 2 is 1.79 bits per heavy atom. The van der Waals surface area contributed by atoms with Gasteiger partial charge < -0.3 is 14.6 Å². The molecule has 0 spiro atoms. The Morgan fingerprint density at radius 1 is 1.14 bits per heavy atom. The summed E-state index contributed by atoms with van der Waals surface area (Å²) in [6.07, 6.45) is 2.35. The van der Waals surface area contributed by atoms with Gasteiger partial charge in [0.25, 0.3) is 0 Å². The van der Waals surface area contributed by atoms with Crippen molar-refractivity contribution in [3.8, 4) is 0 Å². The molecule has 2 atom stereocenters. The number of aliphatic hydroxyl groups is 1. The van der Waals surface area contributed by atoms with E-state index in [0.717, 1.165) is 30.6 Å². The number of likely N-dealkylation sites (tertiary alicyclic amines) is 1. The molecule has 6 heteroatoms. The van der Waals surface area contributed by atoms with E-state index in [1.165, 1.54) is 5.56 Å². The van der Waals surface area contributed by atoms with E-state index in [0.29, 0.717) is 5.92 Å². The molecule has 3 rings (SSSR count). The zero-order valence-electron chi connectivity index (χ0n) is 17.0. The van der Waals surface area contributed by atoms with Gasteiger partial charge >= 0.3 is 6.09 Å². The second-order valence-corrected chi connectivity index (χ2v) is 8.80. The van der Waals surface area contributed by atoms with Crippen LogP contribution in [-0.4, -0.2) is 52.5 Å². The summed E-state index contributed by atoms with van der Waals surface area (Å²) in [5, 5.41) is 10.2. The second-order valence-electron chi connectivity index (χ2n) is 8.80. The van der Waals surface area contributed by atoms with E-state index in [1.807, 2.05) is 6.07 Å². The minimum Gasteiger partial charge on any atom is -0.443 e. The van der Waals surface area contributed by atoms with Gasteiger partial charge in [-0.25, -0.2) is 9.69 Å². The Labute approximate surface area is 166 Å². The van der Waals surface area contributed by atoms with Crippen LogP contribution in [-0.2, 0) is 14.3 Å². The zero-order valence-corrected chi connectivity index (χ0v) is 17.0. The largest absolute Gasteiger partial charge is 0.443 e. The van der Waals surface area contributed by atoms with Crippen LogP contribution in [0, 0.1) is 0 Å². The number of aliphatic hydroxyl groups excluding tert-OH is 1. The van der Waals surface area contributed by atoms with Crippen molar-refractivity contribution >= 4 is 12.0 Å². The number of carbonyl (C=O) groups is 2. The van der Waals surface area contributed by atoms with Crippen molar-refractivity contribution in [3.05, 3.63) is 35.9 Å². The lowest BCUT2D eigenvalue weighted by atomic mass is 9.83. The van der Waals surface area contributed by atoms with Gasteiger partial charge in [-0.2, -0.15) is 0 Å². The Kier molecular flexibility index (Phi) is 6.40. The van der Waals surface area contributed by atoms with Gasteiger partial charge in [0.15, 0.2) is 0 Å². The molecule has 1 saturated carbocycles. The monoisotopic (exact) mass is 389 g/mol. The average Bonchev–Trinajstić information content (AvgIpc) is 2.93. The van der Waals surface area contributed by atoms with Gasteiger partial charge in [0.05, 0.1) is 31.3 Å². The van der Waals surface area contributed by atoms with Crippen molar-refractivity contribution in [2.75, 3.05) is 6.61 Å². The van der Waals surface area contributed by atoms with Gasteiger partial charge in [0.1, 0.15) is 5.60 Å². The molecule has 28 heavy (non-hydrogen) atoms. The Hall–Kier alpha value is -1.92. The molecule has 2 amide bonds. The molecule has 2 fully saturated rings. The van der Waals surface area contributed by atoms with Crippen LogP contribution >= 0.6 is 0 Å². The van der Waals surface area contributed by atoms with E-state index in [4.69, 9.17) is 9.47 Å². The summed E-state index contributed by atoms with van der Waals surface area (Å²) in [7, 11) is 0. The molecular weight excluding hydrogens is 358 g/mol. The maximum atomic E-state index is 12.4. The minimum absolute atomic E-state index is 0.0754. The van der Waals surface area contributed by atoms with Gasteiger partial charge in [-0.15, -0.1) is 0 Å². The van der Waals surface area contributed by atoms with Gasteiger partial charge in [-0.05, 0) is 57.9 Å². The molecule has 1 aromatic rings. The Balaban J connectivity index is 1.53. The third-order valence-electron chi connectivity index (χ3n) is 5.47. The summed E-state index contributed by atoms with van der Waals surface area (Å²) in [4.78, 5) is 25.6. The number of hydrogen-bond donors (Lipinski definition) is 1. The molecule has 1 aliphatic heterocycles. The van der Waals surface area contributed by atoms with Crippen LogP contribution in [0.1, 0.15) is 64.4 Å². The van der Waals surface area contributed by atoms with Crippen molar-refractivity contribution in [2.24, 2.45) is 0 Å². The first-order valence-electron chi connectivity index (χ1n) is 10.1. The van der Waals surface area contributed by atoms with Crippen LogP contribution in [0.15, 0.2) is 30.3 Å². The predicted molar refractivity (Wildman–Crippen MR) is 105 cm³/mol. The molecule has 1 saturated heterocycles. The van der Waals surface area contributed by atoms with Crippen LogP contribution in [0.5, 0.6) is 0 Å². The number of benzene rings is 1. The summed E-state index contributed by atoms with van der Waals surface area (Å²) in [5.41, 5.74) is 0.667. The highest BCUT2D eigenvalue weighted by molar-refractivity contribution is 5.94. The SMILES string of the molecule is CC(C)(C)OC(=O)N1C(=O)C[C@@H](O)[C@H]1CO[C@H]1CC[C@@H](c2ccccc2)CC1. The lowest BCUT2D eigenvalue weighted by Gasteiger charge is -2.32. The predicted octanol–water partition coefficient (Wildman–Crippen LogP) is 3.63. The summed E-state index contributed by atoms with van der Waals surface area (Å²) < 4.78 is 11.3. The molecule has 0 unspecified atom stereocenters. The van der Waals surface area contributed by atoms with Crippen molar-refractivity contribution in [3.63, 3.8) is 0 Å². The maximum absolute atomic E-state index is 12.4. The lowest BCUT2D eigenvalue weighted by Crippen LogP contribution is -2.47. The molecule has 2 aliphatic rings.